The van der Waals surface area contributed by atoms with Crippen molar-refractivity contribution in [2.75, 3.05) is 51.4 Å². The standard InChI is InChI=1S/C15H21NO3.C9H13NO.C6H9BrO2.H2O/c1-2-18-15(17)10-14-12-16(8-9-19-14)11-13-6-4-3-5-7-13;11-7-6-10-8-9-4-2-1-3-5-9;1-2-9-6(8)4-3-5-7;/h3-7,14H,2,8-12H2,1H3;1-5,10-11H,6-8H2;3-4H,2,5H2,1H3;1H2/b;;4-3+;. The first-order valence-corrected chi connectivity index (χ1v) is 14.4. The minimum Gasteiger partial charge on any atom is -0.466 e. The van der Waals surface area contributed by atoms with Crippen LogP contribution in [0.15, 0.2) is 72.8 Å². The fourth-order valence-electron chi connectivity index (χ4n) is 3.53. The number of rotatable bonds is 12. The van der Waals surface area contributed by atoms with Crippen LogP contribution in [0, 0.1) is 0 Å². The van der Waals surface area contributed by atoms with E-state index in [0.717, 1.165) is 26.2 Å². The molecular weight excluding hydrogens is 580 g/mol. The Bertz CT molecular complexity index is 917. The van der Waals surface area contributed by atoms with Crippen molar-refractivity contribution in [3.05, 3.63) is 83.9 Å². The van der Waals surface area contributed by atoms with Crippen LogP contribution in [-0.4, -0.2) is 84.9 Å². The molecule has 0 bridgehead atoms. The van der Waals surface area contributed by atoms with Gasteiger partial charge in [0.2, 0.25) is 0 Å². The molecule has 2 aromatic rings. The molecular formula is C30H45BrN2O7. The number of aliphatic hydroxyl groups is 1. The molecule has 1 unspecified atom stereocenters. The van der Waals surface area contributed by atoms with E-state index in [0.29, 0.717) is 38.1 Å². The number of nitrogens with one attached hydrogen (secondary N) is 1. The average Bonchev–Trinajstić information content (AvgIpc) is 2.94. The summed E-state index contributed by atoms with van der Waals surface area (Å²) in [5.41, 5.74) is 2.54. The number of ether oxygens (including phenoxy) is 3. The molecule has 1 atom stereocenters. The Hall–Kier alpha value is -2.60. The van der Waals surface area contributed by atoms with Crippen LogP contribution >= 0.6 is 15.9 Å². The number of morpholine rings is 1. The van der Waals surface area contributed by atoms with Gasteiger partial charge in [-0.15, -0.1) is 0 Å². The van der Waals surface area contributed by atoms with Crippen molar-refractivity contribution in [3.8, 4) is 0 Å². The molecule has 0 spiro atoms. The van der Waals surface area contributed by atoms with Crippen molar-refractivity contribution in [2.24, 2.45) is 0 Å². The van der Waals surface area contributed by atoms with Gasteiger partial charge in [0.1, 0.15) is 0 Å². The Kier molecular flexibility index (Phi) is 23.7. The van der Waals surface area contributed by atoms with Crippen LogP contribution in [0.2, 0.25) is 0 Å². The molecule has 40 heavy (non-hydrogen) atoms. The summed E-state index contributed by atoms with van der Waals surface area (Å²) in [6, 6.07) is 20.5. The number of benzene rings is 2. The minimum atomic E-state index is -0.281. The van der Waals surface area contributed by atoms with Crippen LogP contribution < -0.4 is 5.32 Å². The highest BCUT2D eigenvalue weighted by molar-refractivity contribution is 9.09. The molecule has 3 rings (SSSR count). The molecule has 1 aliphatic rings. The number of halogens is 1. The van der Waals surface area contributed by atoms with Gasteiger partial charge in [-0.2, -0.15) is 0 Å². The van der Waals surface area contributed by atoms with Crippen molar-refractivity contribution in [2.45, 2.75) is 39.5 Å². The maximum absolute atomic E-state index is 11.5. The third-order valence-corrected chi connectivity index (χ3v) is 5.64. The zero-order valence-corrected chi connectivity index (χ0v) is 25.2. The molecule has 0 radical (unpaired) electrons. The number of aliphatic hydroxyl groups excluding tert-OH is 1. The van der Waals surface area contributed by atoms with E-state index in [4.69, 9.17) is 14.6 Å². The lowest BCUT2D eigenvalue weighted by Crippen LogP contribution is -2.42. The first kappa shape index (κ1) is 37.4. The van der Waals surface area contributed by atoms with Gasteiger partial charge in [0.25, 0.3) is 0 Å². The van der Waals surface area contributed by atoms with E-state index in [1.165, 1.54) is 17.2 Å². The number of nitrogens with zero attached hydrogens (tertiary/aromatic N) is 1. The molecule has 0 saturated carbocycles. The van der Waals surface area contributed by atoms with Crippen molar-refractivity contribution in [1.82, 2.24) is 10.2 Å². The van der Waals surface area contributed by atoms with Gasteiger partial charge in [-0.3, -0.25) is 9.69 Å². The molecule has 224 valence electrons. The summed E-state index contributed by atoms with van der Waals surface area (Å²) in [5.74, 6) is -0.453. The molecule has 9 nitrogen and oxygen atoms in total. The Labute approximate surface area is 246 Å². The van der Waals surface area contributed by atoms with Gasteiger partial charge in [-0.1, -0.05) is 82.7 Å². The Balaban J connectivity index is 0.000000620. The van der Waals surface area contributed by atoms with Crippen LogP contribution in [0.25, 0.3) is 0 Å². The summed E-state index contributed by atoms with van der Waals surface area (Å²) in [5, 5.41) is 12.3. The lowest BCUT2D eigenvalue weighted by molar-refractivity contribution is -0.148. The van der Waals surface area contributed by atoms with Gasteiger partial charge < -0.3 is 30.1 Å². The first-order chi connectivity index (χ1) is 19.0. The number of hydrogen-bond acceptors (Lipinski definition) is 8. The maximum Gasteiger partial charge on any atom is 0.330 e. The van der Waals surface area contributed by atoms with Crippen LogP contribution in [0.1, 0.15) is 31.4 Å². The van der Waals surface area contributed by atoms with E-state index in [1.54, 1.807) is 13.0 Å². The molecule has 1 saturated heterocycles. The first-order valence-electron chi connectivity index (χ1n) is 13.3. The highest BCUT2D eigenvalue weighted by Gasteiger charge is 2.23. The number of carbonyl (C=O) groups is 2. The second kappa shape index (κ2) is 25.4. The van der Waals surface area contributed by atoms with Crippen LogP contribution in [0.5, 0.6) is 0 Å². The van der Waals surface area contributed by atoms with E-state index in [2.05, 4.69) is 55.1 Å². The fraction of sp³-hybridized carbons (Fsp3) is 0.467. The number of alkyl halides is 1. The van der Waals surface area contributed by atoms with Gasteiger partial charge >= 0.3 is 11.9 Å². The average molecular weight is 626 g/mol. The highest BCUT2D eigenvalue weighted by Crippen LogP contribution is 2.13. The Morgan fingerprint density at radius 1 is 1.05 bits per heavy atom. The van der Waals surface area contributed by atoms with Gasteiger partial charge in [0.15, 0.2) is 0 Å². The topological polar surface area (TPSA) is 129 Å². The minimum absolute atomic E-state index is 0. The molecule has 4 N–H and O–H groups in total. The maximum atomic E-state index is 11.5. The summed E-state index contributed by atoms with van der Waals surface area (Å²) in [6.45, 7) is 9.44. The Morgan fingerprint density at radius 3 is 2.25 bits per heavy atom. The van der Waals surface area contributed by atoms with Crippen molar-refractivity contribution in [3.63, 3.8) is 0 Å². The van der Waals surface area contributed by atoms with E-state index >= 15 is 0 Å². The molecule has 0 aromatic heterocycles. The second-order valence-corrected chi connectivity index (χ2v) is 9.06. The largest absolute Gasteiger partial charge is 0.466 e. The molecule has 0 amide bonds. The number of allylic oxidation sites excluding steroid dienone is 1. The van der Waals surface area contributed by atoms with Gasteiger partial charge in [-0.05, 0) is 25.0 Å². The lowest BCUT2D eigenvalue weighted by Gasteiger charge is -2.32. The number of esters is 2. The van der Waals surface area contributed by atoms with E-state index in [-0.39, 0.29) is 30.1 Å². The van der Waals surface area contributed by atoms with E-state index in [9.17, 15) is 9.59 Å². The van der Waals surface area contributed by atoms with E-state index in [1.807, 2.05) is 43.3 Å². The fourth-order valence-corrected chi connectivity index (χ4v) is 3.72. The number of hydrogen-bond donors (Lipinski definition) is 2. The third kappa shape index (κ3) is 19.5. The molecule has 1 fully saturated rings. The van der Waals surface area contributed by atoms with Gasteiger partial charge in [0.05, 0.1) is 39.0 Å². The summed E-state index contributed by atoms with van der Waals surface area (Å²) < 4.78 is 15.2. The summed E-state index contributed by atoms with van der Waals surface area (Å²) in [7, 11) is 0. The third-order valence-electron chi connectivity index (χ3n) is 5.26. The summed E-state index contributed by atoms with van der Waals surface area (Å²) in [4.78, 5) is 24.2. The normalized spacial score (nSPS) is 14.6. The molecule has 1 aliphatic heterocycles. The summed E-state index contributed by atoms with van der Waals surface area (Å²) >= 11 is 3.13. The van der Waals surface area contributed by atoms with Crippen LogP contribution in [0.4, 0.5) is 0 Å². The molecule has 10 heteroatoms. The predicted molar refractivity (Wildman–Crippen MR) is 161 cm³/mol. The molecule has 1 heterocycles. The van der Waals surface area contributed by atoms with Gasteiger partial charge in [0, 0.05) is 44.1 Å². The quantitative estimate of drug-likeness (QED) is 0.159. The SMILES string of the molecule is CCOC(=O)/C=C/CBr.CCOC(=O)CC1CN(Cc2ccccc2)CCO1.O.OCCNCc1ccccc1. The lowest BCUT2D eigenvalue weighted by atomic mass is 10.1. The Morgan fingerprint density at radius 2 is 1.68 bits per heavy atom. The summed E-state index contributed by atoms with van der Waals surface area (Å²) in [6.07, 6.45) is 3.39. The highest BCUT2D eigenvalue weighted by atomic mass is 79.9. The van der Waals surface area contributed by atoms with Crippen molar-refractivity contribution in [1.29, 1.82) is 0 Å². The van der Waals surface area contributed by atoms with Crippen LogP contribution in [-0.2, 0) is 36.9 Å². The monoisotopic (exact) mass is 624 g/mol. The van der Waals surface area contributed by atoms with Crippen molar-refractivity contribution >= 4 is 27.9 Å². The molecule has 2 aromatic carbocycles. The van der Waals surface area contributed by atoms with Crippen LogP contribution in [0.3, 0.4) is 0 Å². The van der Waals surface area contributed by atoms with Crippen molar-refractivity contribution < 1.29 is 34.4 Å². The predicted octanol–water partition coefficient (Wildman–Crippen LogP) is 3.29. The van der Waals surface area contributed by atoms with E-state index < -0.39 is 0 Å². The smallest absolute Gasteiger partial charge is 0.330 e. The zero-order valence-electron chi connectivity index (χ0n) is 23.6. The zero-order chi connectivity index (χ0) is 28.6. The molecule has 0 aliphatic carbocycles. The second-order valence-electron chi connectivity index (χ2n) is 8.42. The van der Waals surface area contributed by atoms with Gasteiger partial charge in [-0.25, -0.2) is 4.79 Å². The number of carbonyl (C=O) groups excluding carboxylic acids is 2.